The van der Waals surface area contributed by atoms with E-state index in [1.165, 1.54) is 49.5 Å². The SMILES string of the molecule is CN(c1ccc(NC(=O)Nc2ccccc2)cc1)S(=O)(=O)c1ccccc1N=Nc1c(N)ccc2cc(S(=O)(=O)[O-])cc(O)c12.[Na+]. The summed E-state index contributed by atoms with van der Waals surface area (Å²) in [5.41, 5.74) is 7.36. The number of sulfonamides is 1. The number of nitrogens with one attached hydrogen (secondary N) is 2. The van der Waals surface area contributed by atoms with Crippen molar-refractivity contribution in [2.24, 2.45) is 10.2 Å². The minimum absolute atomic E-state index is 0. The molecule has 0 radical (unpaired) electrons. The van der Waals surface area contributed by atoms with Gasteiger partial charge < -0.3 is 26.0 Å². The molecule has 5 rings (SSSR count). The average molecular weight is 669 g/mol. The Morgan fingerprint density at radius 1 is 0.826 bits per heavy atom. The first-order valence-electron chi connectivity index (χ1n) is 13.1. The van der Waals surface area contributed by atoms with Crippen molar-refractivity contribution >= 4 is 71.1 Å². The van der Waals surface area contributed by atoms with E-state index in [4.69, 9.17) is 5.73 Å². The van der Waals surface area contributed by atoms with Crippen LogP contribution >= 0.6 is 0 Å². The van der Waals surface area contributed by atoms with Crippen LogP contribution in [0.3, 0.4) is 0 Å². The van der Waals surface area contributed by atoms with E-state index in [-0.39, 0.29) is 62.3 Å². The summed E-state index contributed by atoms with van der Waals surface area (Å²) in [4.78, 5) is 11.5. The Kier molecular flexibility index (Phi) is 10.4. The van der Waals surface area contributed by atoms with E-state index in [1.54, 1.807) is 42.5 Å². The largest absolute Gasteiger partial charge is 1.00 e. The predicted octanol–water partition coefficient (Wildman–Crippen LogP) is 2.92. The topological polar surface area (TPSA) is 207 Å². The van der Waals surface area contributed by atoms with E-state index in [2.05, 4.69) is 20.9 Å². The molecule has 5 N–H and O–H groups in total. The Labute approximate surface area is 286 Å². The second-order valence-electron chi connectivity index (χ2n) is 9.63. The van der Waals surface area contributed by atoms with Crippen molar-refractivity contribution in [1.29, 1.82) is 0 Å². The van der Waals surface area contributed by atoms with Gasteiger partial charge in [0.2, 0.25) is 0 Å². The van der Waals surface area contributed by atoms with Crippen LogP contribution in [0.2, 0.25) is 0 Å². The fourth-order valence-electron chi connectivity index (χ4n) is 4.38. The molecule has 0 bridgehead atoms. The maximum Gasteiger partial charge on any atom is 1.00 e. The van der Waals surface area contributed by atoms with Crippen molar-refractivity contribution in [2.45, 2.75) is 9.79 Å². The number of rotatable bonds is 8. The fourth-order valence-corrected chi connectivity index (χ4v) is 6.23. The number of aromatic hydroxyl groups is 1. The van der Waals surface area contributed by atoms with Gasteiger partial charge in [0.05, 0.1) is 21.7 Å². The molecule has 46 heavy (non-hydrogen) atoms. The molecule has 0 spiro atoms. The number of azo groups is 1. The van der Waals surface area contributed by atoms with Crippen molar-refractivity contribution in [3.8, 4) is 5.75 Å². The van der Waals surface area contributed by atoms with Gasteiger partial charge in [-0.1, -0.05) is 36.4 Å². The number of para-hydroxylation sites is 1. The third-order valence-corrected chi connectivity index (χ3v) is 9.29. The van der Waals surface area contributed by atoms with Crippen LogP contribution in [0.15, 0.2) is 123 Å². The summed E-state index contributed by atoms with van der Waals surface area (Å²) in [5.74, 6) is -0.570. The minimum Gasteiger partial charge on any atom is -0.744 e. The molecule has 16 heteroatoms. The first-order chi connectivity index (χ1) is 21.3. The Bertz CT molecular complexity index is 2160. The molecule has 0 aliphatic rings. The van der Waals surface area contributed by atoms with Gasteiger partial charge in [-0.2, -0.15) is 0 Å². The number of hydrogen-bond acceptors (Lipinski definition) is 10. The molecule has 2 amide bonds. The second-order valence-corrected chi connectivity index (χ2v) is 12.9. The zero-order chi connectivity index (χ0) is 32.4. The van der Waals surface area contributed by atoms with Crippen LogP contribution in [0.5, 0.6) is 5.75 Å². The number of phenols is 1. The van der Waals surface area contributed by atoms with Gasteiger partial charge >= 0.3 is 35.6 Å². The van der Waals surface area contributed by atoms with E-state index >= 15 is 0 Å². The van der Waals surface area contributed by atoms with Crippen molar-refractivity contribution in [3.05, 3.63) is 103 Å². The molecule has 0 unspecified atom stereocenters. The number of anilines is 4. The Morgan fingerprint density at radius 3 is 2.09 bits per heavy atom. The molecule has 0 saturated carbocycles. The number of benzene rings is 5. The number of hydrogen-bond donors (Lipinski definition) is 4. The average Bonchev–Trinajstić information content (AvgIpc) is 3.00. The molecule has 0 fully saturated rings. The molecule has 5 aromatic rings. The molecule has 0 saturated heterocycles. The van der Waals surface area contributed by atoms with Crippen molar-refractivity contribution in [1.82, 2.24) is 0 Å². The maximum atomic E-state index is 13.7. The van der Waals surface area contributed by atoms with Crippen molar-refractivity contribution in [2.75, 3.05) is 27.7 Å². The first kappa shape index (κ1) is 34.4. The van der Waals surface area contributed by atoms with Crippen LogP contribution in [-0.2, 0) is 20.1 Å². The number of nitrogen functional groups attached to an aromatic ring is 1. The summed E-state index contributed by atoms with van der Waals surface area (Å²) in [6.45, 7) is 0. The van der Waals surface area contributed by atoms with Crippen LogP contribution in [-0.4, -0.2) is 39.6 Å². The third kappa shape index (κ3) is 7.47. The quantitative estimate of drug-likeness (QED) is 0.0835. The van der Waals surface area contributed by atoms with Crippen LogP contribution in [0, 0.1) is 0 Å². The number of nitrogens with two attached hydrogens (primary N) is 1. The van der Waals surface area contributed by atoms with Gasteiger partial charge in [0, 0.05) is 18.4 Å². The van der Waals surface area contributed by atoms with Gasteiger partial charge in [-0.25, -0.2) is 21.6 Å². The molecular formula is C30H25N6NaO7S2. The molecule has 0 atom stereocenters. The van der Waals surface area contributed by atoms with E-state index < -0.39 is 36.8 Å². The molecule has 13 nitrogen and oxygen atoms in total. The van der Waals surface area contributed by atoms with Gasteiger partial charge in [0.15, 0.2) is 0 Å². The number of carbonyl (C=O) groups excluding carboxylic acids is 1. The number of carbonyl (C=O) groups is 1. The number of fused-ring (bicyclic) bond motifs is 1. The van der Waals surface area contributed by atoms with E-state index in [1.807, 2.05) is 6.07 Å². The molecule has 230 valence electrons. The van der Waals surface area contributed by atoms with E-state index in [0.29, 0.717) is 17.1 Å². The smallest absolute Gasteiger partial charge is 0.744 e. The van der Waals surface area contributed by atoms with Gasteiger partial charge in [-0.3, -0.25) is 4.31 Å². The number of nitrogens with zero attached hydrogens (tertiary/aromatic N) is 3. The molecule has 0 aromatic heterocycles. The molecule has 0 heterocycles. The molecule has 0 aliphatic heterocycles. The number of amides is 2. The first-order valence-corrected chi connectivity index (χ1v) is 15.9. The Hall–Kier alpha value is -4.51. The summed E-state index contributed by atoms with van der Waals surface area (Å²) >= 11 is 0. The van der Waals surface area contributed by atoms with Crippen molar-refractivity contribution < 1.29 is 60.8 Å². The van der Waals surface area contributed by atoms with Crippen LogP contribution in [0.25, 0.3) is 10.8 Å². The molecule has 5 aromatic carbocycles. The number of phenolic OH excluding ortho intramolecular Hbond substituents is 1. The standard InChI is InChI=1S/C30H26N6O7S2.Na/c1-36(22-14-12-21(13-15-22)33-30(38)32-20-7-3-2-4-8-20)44(39,40)27-10-6-5-9-25(27)34-35-29-24(31)16-11-19-17-23(45(41,42)43)18-26(37)28(19)29;/h2-18,37H,31H2,1H3,(H2,32,33,38)(H,41,42,43);/q;+1/p-1. The van der Waals surface area contributed by atoms with Gasteiger partial charge in [-0.05, 0) is 72.1 Å². The van der Waals surface area contributed by atoms with Gasteiger partial charge in [0.1, 0.15) is 32.1 Å². The molecule has 0 aliphatic carbocycles. The zero-order valence-electron chi connectivity index (χ0n) is 24.4. The van der Waals surface area contributed by atoms with E-state index in [9.17, 15) is 31.3 Å². The Morgan fingerprint density at radius 2 is 1.43 bits per heavy atom. The summed E-state index contributed by atoms with van der Waals surface area (Å²) in [7, 11) is -7.69. The normalized spacial score (nSPS) is 11.6. The summed E-state index contributed by atoms with van der Waals surface area (Å²) in [5, 5.41) is 24.3. The maximum absolute atomic E-state index is 13.7. The fraction of sp³-hybridized carbons (Fsp3) is 0.0333. The van der Waals surface area contributed by atoms with Crippen LogP contribution < -0.4 is 50.2 Å². The van der Waals surface area contributed by atoms with Crippen LogP contribution in [0.4, 0.5) is 38.9 Å². The number of urea groups is 1. The summed E-state index contributed by atoms with van der Waals surface area (Å²) in [6.07, 6.45) is 0. The Balaban J connectivity index is 0.00000480. The van der Waals surface area contributed by atoms with Gasteiger partial charge in [0.25, 0.3) is 10.0 Å². The van der Waals surface area contributed by atoms with Gasteiger partial charge in [-0.15, -0.1) is 10.2 Å². The zero-order valence-corrected chi connectivity index (χ0v) is 28.1. The monoisotopic (exact) mass is 668 g/mol. The van der Waals surface area contributed by atoms with E-state index in [0.717, 1.165) is 16.4 Å². The minimum atomic E-state index is -4.86. The molecular weight excluding hydrogens is 643 g/mol. The second kappa shape index (κ2) is 13.9. The van der Waals surface area contributed by atoms with Crippen LogP contribution in [0.1, 0.15) is 0 Å². The summed E-state index contributed by atoms with van der Waals surface area (Å²) < 4.78 is 62.9. The van der Waals surface area contributed by atoms with Crippen molar-refractivity contribution in [3.63, 3.8) is 0 Å². The predicted molar refractivity (Wildman–Crippen MR) is 170 cm³/mol. The summed E-state index contributed by atoms with van der Waals surface area (Å²) in [6, 6.07) is 25.0. The third-order valence-electron chi connectivity index (χ3n) is 6.64.